The van der Waals surface area contributed by atoms with Crippen molar-refractivity contribution in [3.63, 3.8) is 0 Å². The average Bonchev–Trinajstić information content (AvgIpc) is 2.90. The molecule has 0 spiro atoms. The summed E-state index contributed by atoms with van der Waals surface area (Å²) in [6.07, 6.45) is 3.24. The van der Waals surface area contributed by atoms with Gasteiger partial charge in [-0.15, -0.1) is 0 Å². The van der Waals surface area contributed by atoms with E-state index in [1.165, 1.54) is 12.3 Å². The van der Waals surface area contributed by atoms with E-state index in [0.29, 0.717) is 24.7 Å². The van der Waals surface area contributed by atoms with Crippen molar-refractivity contribution < 1.29 is 17.9 Å². The van der Waals surface area contributed by atoms with Gasteiger partial charge in [0.2, 0.25) is 10.0 Å². The Kier molecular flexibility index (Phi) is 5.02. The summed E-state index contributed by atoms with van der Waals surface area (Å²) in [5.41, 5.74) is 0.314. The van der Waals surface area contributed by atoms with Gasteiger partial charge in [0.05, 0.1) is 0 Å². The molecule has 2 rings (SSSR count). The Morgan fingerprint density at radius 1 is 1.48 bits per heavy atom. The second-order valence-electron chi connectivity index (χ2n) is 5.16. The highest BCUT2D eigenvalue weighted by atomic mass is 32.2. The predicted octanol–water partition coefficient (Wildman–Crippen LogP) is 0.312. The normalized spacial score (nSPS) is 16.9. The Bertz CT molecular complexity index is 603. The van der Waals surface area contributed by atoms with Gasteiger partial charge in [-0.1, -0.05) is 0 Å². The molecular formula is C13H21N3O4S. The van der Waals surface area contributed by atoms with Crippen LogP contribution in [0.4, 0.5) is 0 Å². The van der Waals surface area contributed by atoms with Gasteiger partial charge in [-0.2, -0.15) is 0 Å². The molecule has 0 radical (unpaired) electrons. The van der Waals surface area contributed by atoms with Crippen molar-refractivity contribution in [2.75, 3.05) is 19.8 Å². The number of sulfonamides is 1. The van der Waals surface area contributed by atoms with E-state index in [-0.39, 0.29) is 10.8 Å². The van der Waals surface area contributed by atoms with E-state index >= 15 is 0 Å². The van der Waals surface area contributed by atoms with Crippen LogP contribution in [0.2, 0.25) is 0 Å². The van der Waals surface area contributed by atoms with Crippen LogP contribution in [0.5, 0.6) is 0 Å². The Balaban J connectivity index is 2.05. The summed E-state index contributed by atoms with van der Waals surface area (Å²) in [5.74, 6) is 0.128. The summed E-state index contributed by atoms with van der Waals surface area (Å²) in [7, 11) is -3.80. The minimum Gasteiger partial charge on any atom is -0.381 e. The Hall–Kier alpha value is -1.38. The van der Waals surface area contributed by atoms with Gasteiger partial charge in [-0.05, 0) is 31.7 Å². The average molecular weight is 315 g/mol. The number of primary sulfonamides is 1. The van der Waals surface area contributed by atoms with Crippen LogP contribution < -0.4 is 10.5 Å². The standard InChI is InChI=1S/C13H21N3O4S/c1-2-16-9-11(21(14,18)19)7-12(16)13(17)15-8-10-3-5-20-6-4-10/h7,9-10H,2-6,8H2,1H3,(H,15,17)(H2,14,18,19). The first-order valence-corrected chi connectivity index (χ1v) is 8.55. The van der Waals surface area contributed by atoms with Crippen LogP contribution in [0.1, 0.15) is 30.3 Å². The third-order valence-corrected chi connectivity index (χ3v) is 4.55. The maximum Gasteiger partial charge on any atom is 0.267 e. The fourth-order valence-electron chi connectivity index (χ4n) is 2.37. The summed E-state index contributed by atoms with van der Waals surface area (Å²) < 4.78 is 29.6. The minimum absolute atomic E-state index is 0.0411. The molecule has 1 amide bonds. The lowest BCUT2D eigenvalue weighted by Gasteiger charge is -2.22. The molecule has 1 aromatic rings. The van der Waals surface area contributed by atoms with Crippen molar-refractivity contribution in [3.05, 3.63) is 18.0 Å². The van der Waals surface area contributed by atoms with E-state index in [2.05, 4.69) is 5.32 Å². The summed E-state index contributed by atoms with van der Waals surface area (Å²) in [5, 5.41) is 7.96. The number of rotatable bonds is 5. The topological polar surface area (TPSA) is 103 Å². The van der Waals surface area contributed by atoms with E-state index < -0.39 is 10.0 Å². The molecule has 0 saturated carbocycles. The Morgan fingerprint density at radius 3 is 2.71 bits per heavy atom. The number of carbonyl (C=O) groups excluding carboxylic acids is 1. The third kappa shape index (κ3) is 4.05. The zero-order valence-corrected chi connectivity index (χ0v) is 12.9. The number of nitrogens with zero attached hydrogens (tertiary/aromatic N) is 1. The van der Waals surface area contributed by atoms with Crippen molar-refractivity contribution in [2.24, 2.45) is 11.1 Å². The lowest BCUT2D eigenvalue weighted by atomic mass is 10.0. The van der Waals surface area contributed by atoms with Crippen LogP contribution in [-0.4, -0.2) is 38.7 Å². The van der Waals surface area contributed by atoms with Gasteiger partial charge in [0, 0.05) is 32.5 Å². The van der Waals surface area contributed by atoms with Crippen LogP contribution in [0, 0.1) is 5.92 Å². The van der Waals surface area contributed by atoms with Gasteiger partial charge in [0.25, 0.3) is 5.91 Å². The lowest BCUT2D eigenvalue weighted by molar-refractivity contribution is 0.0641. The van der Waals surface area contributed by atoms with E-state index in [1.807, 2.05) is 6.92 Å². The molecule has 1 saturated heterocycles. The van der Waals surface area contributed by atoms with Gasteiger partial charge in [0.15, 0.2) is 0 Å². The fraction of sp³-hybridized carbons (Fsp3) is 0.615. The van der Waals surface area contributed by atoms with Crippen molar-refractivity contribution in [3.8, 4) is 0 Å². The summed E-state index contributed by atoms with van der Waals surface area (Å²) in [6, 6.07) is 1.32. The largest absolute Gasteiger partial charge is 0.381 e. The molecule has 0 aliphatic carbocycles. The quantitative estimate of drug-likeness (QED) is 0.816. The van der Waals surface area contributed by atoms with Crippen LogP contribution in [-0.2, 0) is 21.3 Å². The molecule has 7 nitrogen and oxygen atoms in total. The van der Waals surface area contributed by atoms with Crippen LogP contribution in [0.3, 0.4) is 0 Å². The van der Waals surface area contributed by atoms with E-state index in [0.717, 1.165) is 26.1 Å². The summed E-state index contributed by atoms with van der Waals surface area (Å²) >= 11 is 0. The smallest absolute Gasteiger partial charge is 0.267 e. The van der Waals surface area contributed by atoms with Crippen LogP contribution in [0.15, 0.2) is 17.2 Å². The van der Waals surface area contributed by atoms with Gasteiger partial charge in [-0.3, -0.25) is 4.79 Å². The number of nitrogens with one attached hydrogen (secondary N) is 1. The number of amides is 1. The summed E-state index contributed by atoms with van der Waals surface area (Å²) in [4.78, 5) is 12.2. The molecule has 0 bridgehead atoms. The highest BCUT2D eigenvalue weighted by Crippen LogP contribution is 2.15. The third-order valence-electron chi connectivity index (χ3n) is 3.67. The molecule has 118 valence electrons. The molecule has 0 atom stereocenters. The molecular weight excluding hydrogens is 294 g/mol. The molecule has 0 aromatic carbocycles. The lowest BCUT2D eigenvalue weighted by Crippen LogP contribution is -2.33. The molecule has 8 heteroatoms. The number of hydrogen-bond acceptors (Lipinski definition) is 4. The first kappa shape index (κ1) is 16.0. The molecule has 3 N–H and O–H groups in total. The number of ether oxygens (including phenoxy) is 1. The first-order valence-electron chi connectivity index (χ1n) is 7.00. The van der Waals surface area contributed by atoms with Gasteiger partial charge in [0.1, 0.15) is 10.6 Å². The number of aromatic nitrogens is 1. The molecule has 2 heterocycles. The molecule has 21 heavy (non-hydrogen) atoms. The second kappa shape index (κ2) is 6.59. The van der Waals surface area contributed by atoms with E-state index in [9.17, 15) is 13.2 Å². The van der Waals surface area contributed by atoms with Crippen molar-refractivity contribution >= 4 is 15.9 Å². The van der Waals surface area contributed by atoms with Gasteiger partial charge >= 0.3 is 0 Å². The number of hydrogen-bond donors (Lipinski definition) is 2. The van der Waals surface area contributed by atoms with Gasteiger partial charge < -0.3 is 14.6 Å². The van der Waals surface area contributed by atoms with Crippen LogP contribution >= 0.6 is 0 Å². The molecule has 1 aromatic heterocycles. The Morgan fingerprint density at radius 2 is 2.14 bits per heavy atom. The maximum absolute atomic E-state index is 12.2. The highest BCUT2D eigenvalue weighted by Gasteiger charge is 2.20. The minimum atomic E-state index is -3.80. The zero-order valence-electron chi connectivity index (χ0n) is 12.0. The number of nitrogens with two attached hydrogens (primary N) is 1. The molecule has 0 unspecified atom stereocenters. The number of carbonyl (C=O) groups is 1. The SMILES string of the molecule is CCn1cc(S(N)(=O)=O)cc1C(=O)NCC1CCOCC1. The highest BCUT2D eigenvalue weighted by molar-refractivity contribution is 7.89. The van der Waals surface area contributed by atoms with Crippen molar-refractivity contribution in [1.29, 1.82) is 0 Å². The van der Waals surface area contributed by atoms with Crippen molar-refractivity contribution in [1.82, 2.24) is 9.88 Å². The molecule has 1 aliphatic heterocycles. The fourth-order valence-corrected chi connectivity index (χ4v) is 2.92. The first-order chi connectivity index (χ1) is 9.91. The maximum atomic E-state index is 12.2. The second-order valence-corrected chi connectivity index (χ2v) is 6.72. The molecule has 1 fully saturated rings. The van der Waals surface area contributed by atoms with Gasteiger partial charge in [-0.25, -0.2) is 13.6 Å². The van der Waals surface area contributed by atoms with Crippen molar-refractivity contribution in [2.45, 2.75) is 31.2 Å². The predicted molar refractivity (Wildman–Crippen MR) is 77.4 cm³/mol. The zero-order chi connectivity index (χ0) is 15.5. The van der Waals surface area contributed by atoms with E-state index in [4.69, 9.17) is 9.88 Å². The Labute approximate surface area is 124 Å². The summed E-state index contributed by atoms with van der Waals surface area (Å²) in [6.45, 7) is 4.35. The molecule has 1 aliphatic rings. The van der Waals surface area contributed by atoms with E-state index in [1.54, 1.807) is 4.57 Å². The number of aryl methyl sites for hydroxylation is 1. The van der Waals surface area contributed by atoms with Crippen LogP contribution in [0.25, 0.3) is 0 Å². The monoisotopic (exact) mass is 315 g/mol.